The van der Waals surface area contributed by atoms with Gasteiger partial charge in [-0.25, -0.2) is 4.98 Å². The van der Waals surface area contributed by atoms with Gasteiger partial charge in [0.2, 0.25) is 5.58 Å². The zero-order valence-electron chi connectivity index (χ0n) is 21.8. The Bertz CT molecular complexity index is 1620. The standard InChI is InChI=1S/C31H32N4O3/c1-3-25(34(19-9-18-32)30(36)23-16-14-21(2)15-17-23)29-33-27-24-12-7-8-13-26(24)38-28(27)31(37)35(29)20-22-10-5-4-6-11-22/h4-8,10-17,25H,3,9,18-20,32H2,1-2H3. The molecule has 1 amide bonds. The van der Waals surface area contributed by atoms with Crippen LogP contribution in [0.25, 0.3) is 22.1 Å². The minimum atomic E-state index is -0.440. The van der Waals surface area contributed by atoms with Gasteiger partial charge in [0.1, 0.15) is 16.9 Å². The monoisotopic (exact) mass is 508 g/mol. The summed E-state index contributed by atoms with van der Waals surface area (Å²) < 4.78 is 7.65. The van der Waals surface area contributed by atoms with Crippen molar-refractivity contribution in [3.8, 4) is 0 Å². The van der Waals surface area contributed by atoms with Crippen molar-refractivity contribution in [1.82, 2.24) is 14.5 Å². The van der Waals surface area contributed by atoms with E-state index in [1.165, 1.54) is 0 Å². The number of amides is 1. The van der Waals surface area contributed by atoms with E-state index >= 15 is 0 Å². The maximum absolute atomic E-state index is 14.0. The van der Waals surface area contributed by atoms with Gasteiger partial charge in [-0.05, 0) is 56.1 Å². The first-order valence-electron chi connectivity index (χ1n) is 13.1. The molecule has 2 heterocycles. The summed E-state index contributed by atoms with van der Waals surface area (Å²) in [6, 6.07) is 24.4. The maximum atomic E-state index is 14.0. The zero-order valence-corrected chi connectivity index (χ0v) is 21.8. The molecule has 0 saturated heterocycles. The van der Waals surface area contributed by atoms with Gasteiger partial charge in [-0.3, -0.25) is 14.2 Å². The lowest BCUT2D eigenvalue weighted by Crippen LogP contribution is -2.40. The van der Waals surface area contributed by atoms with Crippen LogP contribution in [-0.2, 0) is 6.54 Å². The highest BCUT2D eigenvalue weighted by Crippen LogP contribution is 2.30. The van der Waals surface area contributed by atoms with E-state index in [9.17, 15) is 9.59 Å². The number of furan rings is 1. The number of carbonyl (C=O) groups is 1. The Hall–Kier alpha value is -4.23. The Balaban J connectivity index is 1.71. The normalized spacial score (nSPS) is 12.2. The smallest absolute Gasteiger partial charge is 0.297 e. The van der Waals surface area contributed by atoms with Crippen molar-refractivity contribution >= 4 is 28.0 Å². The van der Waals surface area contributed by atoms with E-state index in [0.29, 0.717) is 55.0 Å². The van der Waals surface area contributed by atoms with Gasteiger partial charge >= 0.3 is 0 Å². The number of hydrogen-bond donors (Lipinski definition) is 1. The van der Waals surface area contributed by atoms with Crippen LogP contribution in [0.3, 0.4) is 0 Å². The molecule has 0 aliphatic rings. The van der Waals surface area contributed by atoms with Gasteiger partial charge < -0.3 is 15.1 Å². The largest absolute Gasteiger partial charge is 0.448 e. The highest BCUT2D eigenvalue weighted by molar-refractivity contribution is 6.02. The molecule has 0 saturated carbocycles. The molecule has 2 aromatic heterocycles. The number of para-hydroxylation sites is 1. The summed E-state index contributed by atoms with van der Waals surface area (Å²) in [4.78, 5) is 34.7. The minimum absolute atomic E-state index is 0.108. The molecule has 7 nitrogen and oxygen atoms in total. The molecule has 0 radical (unpaired) electrons. The predicted octanol–water partition coefficient (Wildman–Crippen LogP) is 5.44. The van der Waals surface area contributed by atoms with E-state index in [-0.39, 0.29) is 17.0 Å². The van der Waals surface area contributed by atoms with Gasteiger partial charge in [-0.1, -0.05) is 67.1 Å². The molecule has 2 N–H and O–H groups in total. The lowest BCUT2D eigenvalue weighted by atomic mass is 10.1. The van der Waals surface area contributed by atoms with Crippen molar-refractivity contribution in [3.05, 3.63) is 112 Å². The average molecular weight is 509 g/mol. The van der Waals surface area contributed by atoms with Crippen molar-refractivity contribution in [2.45, 2.75) is 39.3 Å². The van der Waals surface area contributed by atoms with Gasteiger partial charge in [0.25, 0.3) is 11.5 Å². The summed E-state index contributed by atoms with van der Waals surface area (Å²) in [6.07, 6.45) is 1.21. The molecule has 0 bridgehead atoms. The fourth-order valence-electron chi connectivity index (χ4n) is 4.93. The summed E-state index contributed by atoms with van der Waals surface area (Å²) >= 11 is 0. The van der Waals surface area contributed by atoms with Gasteiger partial charge in [0, 0.05) is 17.5 Å². The molecule has 1 atom stereocenters. The molecule has 5 aromatic rings. The van der Waals surface area contributed by atoms with Crippen LogP contribution in [0.15, 0.2) is 88.1 Å². The Morgan fingerprint density at radius 2 is 1.74 bits per heavy atom. The zero-order chi connectivity index (χ0) is 26.6. The fourth-order valence-corrected chi connectivity index (χ4v) is 4.93. The van der Waals surface area contributed by atoms with Crippen LogP contribution >= 0.6 is 0 Å². The molecular weight excluding hydrogens is 476 g/mol. The Kier molecular flexibility index (Phi) is 7.38. The van der Waals surface area contributed by atoms with Gasteiger partial charge in [0.05, 0.1) is 12.6 Å². The molecule has 7 heteroatoms. The van der Waals surface area contributed by atoms with Crippen molar-refractivity contribution in [2.75, 3.05) is 13.1 Å². The average Bonchev–Trinajstić information content (AvgIpc) is 3.32. The third kappa shape index (κ3) is 4.85. The quantitative estimate of drug-likeness (QED) is 0.286. The summed E-state index contributed by atoms with van der Waals surface area (Å²) in [7, 11) is 0. The van der Waals surface area contributed by atoms with Crippen LogP contribution in [0.4, 0.5) is 0 Å². The maximum Gasteiger partial charge on any atom is 0.297 e. The summed E-state index contributed by atoms with van der Waals surface area (Å²) in [5.41, 5.74) is 9.60. The van der Waals surface area contributed by atoms with Crippen molar-refractivity contribution in [2.24, 2.45) is 5.73 Å². The van der Waals surface area contributed by atoms with E-state index in [4.69, 9.17) is 15.1 Å². The second-order valence-electron chi connectivity index (χ2n) is 9.55. The first-order chi connectivity index (χ1) is 18.5. The minimum Gasteiger partial charge on any atom is -0.448 e. The third-order valence-electron chi connectivity index (χ3n) is 6.92. The number of rotatable bonds is 9. The molecule has 38 heavy (non-hydrogen) atoms. The Morgan fingerprint density at radius 3 is 2.45 bits per heavy atom. The Labute approximate surface area is 221 Å². The number of nitrogens with zero attached hydrogens (tertiary/aromatic N) is 3. The third-order valence-corrected chi connectivity index (χ3v) is 6.92. The van der Waals surface area contributed by atoms with Gasteiger partial charge in [-0.2, -0.15) is 0 Å². The molecule has 0 fully saturated rings. The van der Waals surface area contributed by atoms with Crippen molar-refractivity contribution in [3.63, 3.8) is 0 Å². The topological polar surface area (TPSA) is 94.4 Å². The predicted molar refractivity (Wildman–Crippen MR) is 150 cm³/mol. The number of nitrogens with two attached hydrogens (primary N) is 1. The number of benzene rings is 3. The Morgan fingerprint density at radius 1 is 1.03 bits per heavy atom. The fraction of sp³-hybridized carbons (Fsp3) is 0.258. The highest BCUT2D eigenvalue weighted by atomic mass is 16.3. The van der Waals surface area contributed by atoms with Crippen LogP contribution < -0.4 is 11.3 Å². The molecule has 3 aromatic carbocycles. The lowest BCUT2D eigenvalue weighted by Gasteiger charge is -2.32. The summed E-state index contributed by atoms with van der Waals surface area (Å²) in [5, 5.41) is 0.779. The van der Waals surface area contributed by atoms with Crippen LogP contribution in [0, 0.1) is 6.92 Å². The number of aromatic nitrogens is 2. The van der Waals surface area contributed by atoms with E-state index in [2.05, 4.69) is 0 Å². The number of hydrogen-bond acceptors (Lipinski definition) is 5. The second-order valence-corrected chi connectivity index (χ2v) is 9.55. The van der Waals surface area contributed by atoms with Crippen molar-refractivity contribution < 1.29 is 9.21 Å². The number of aryl methyl sites for hydroxylation is 1. The molecule has 0 aliphatic carbocycles. The van der Waals surface area contributed by atoms with E-state index in [1.54, 1.807) is 4.57 Å². The second kappa shape index (κ2) is 11.0. The molecule has 194 valence electrons. The summed E-state index contributed by atoms with van der Waals surface area (Å²) in [5.74, 6) is 0.431. The first-order valence-corrected chi connectivity index (χ1v) is 13.1. The molecule has 0 spiro atoms. The van der Waals surface area contributed by atoms with E-state index < -0.39 is 6.04 Å². The summed E-state index contributed by atoms with van der Waals surface area (Å²) in [6.45, 7) is 5.22. The SMILES string of the molecule is CCC(c1nc2c(oc3ccccc32)c(=O)n1Cc1ccccc1)N(CCCN)C(=O)c1ccc(C)cc1. The van der Waals surface area contributed by atoms with Gasteiger partial charge in [0.15, 0.2) is 0 Å². The molecule has 5 rings (SSSR count). The van der Waals surface area contributed by atoms with E-state index in [0.717, 1.165) is 16.5 Å². The van der Waals surface area contributed by atoms with Crippen LogP contribution in [0.1, 0.15) is 53.1 Å². The first kappa shape index (κ1) is 25.4. The number of carbonyl (C=O) groups excluding carboxylic acids is 1. The molecule has 0 aliphatic heterocycles. The molecule has 1 unspecified atom stereocenters. The molecular formula is C31H32N4O3. The highest BCUT2D eigenvalue weighted by Gasteiger charge is 2.30. The van der Waals surface area contributed by atoms with E-state index in [1.807, 2.05) is 97.6 Å². The van der Waals surface area contributed by atoms with Crippen LogP contribution in [0.5, 0.6) is 0 Å². The van der Waals surface area contributed by atoms with Gasteiger partial charge in [-0.15, -0.1) is 0 Å². The number of fused-ring (bicyclic) bond motifs is 3. The van der Waals surface area contributed by atoms with Crippen molar-refractivity contribution in [1.29, 1.82) is 0 Å². The van der Waals surface area contributed by atoms with Crippen LogP contribution in [0.2, 0.25) is 0 Å². The van der Waals surface area contributed by atoms with Crippen LogP contribution in [-0.4, -0.2) is 33.4 Å². The lowest BCUT2D eigenvalue weighted by molar-refractivity contribution is 0.0655.